The average molecular weight is 256 g/mol. The lowest BCUT2D eigenvalue weighted by Crippen LogP contribution is -1.94. The fourth-order valence-corrected chi connectivity index (χ4v) is 2.13. The number of rotatable bonds is 4. The lowest BCUT2D eigenvalue weighted by Gasteiger charge is -2.07. The van der Waals surface area contributed by atoms with Gasteiger partial charge in [-0.15, -0.1) is 0 Å². The Morgan fingerprint density at radius 3 is 2.32 bits per heavy atom. The van der Waals surface area contributed by atoms with E-state index in [1.54, 1.807) is 12.1 Å². The summed E-state index contributed by atoms with van der Waals surface area (Å²) < 4.78 is 13.9. The number of carbonyl (C=O) groups is 1. The number of hydrogen-bond acceptors (Lipinski definition) is 1. The highest BCUT2D eigenvalue weighted by atomic mass is 19.1. The van der Waals surface area contributed by atoms with Gasteiger partial charge < -0.3 is 0 Å². The molecule has 0 atom stereocenters. The zero-order valence-electron chi connectivity index (χ0n) is 11.2. The van der Waals surface area contributed by atoms with Crippen LogP contribution in [-0.4, -0.2) is 6.29 Å². The van der Waals surface area contributed by atoms with Crippen molar-refractivity contribution in [2.45, 2.75) is 20.3 Å². The van der Waals surface area contributed by atoms with Crippen LogP contribution in [0.4, 0.5) is 4.39 Å². The van der Waals surface area contributed by atoms with E-state index in [9.17, 15) is 9.18 Å². The summed E-state index contributed by atoms with van der Waals surface area (Å²) in [4.78, 5) is 10.6. The molecule has 0 bridgehead atoms. The molecular weight excluding hydrogens is 239 g/mol. The summed E-state index contributed by atoms with van der Waals surface area (Å²) in [5.74, 6) is 0.246. The summed E-state index contributed by atoms with van der Waals surface area (Å²) in [7, 11) is 0. The summed E-state index contributed by atoms with van der Waals surface area (Å²) in [6, 6.07) is 12.5. The van der Waals surface area contributed by atoms with E-state index in [4.69, 9.17) is 0 Å². The average Bonchev–Trinajstić information content (AvgIpc) is 2.39. The van der Waals surface area contributed by atoms with Gasteiger partial charge in [-0.25, -0.2) is 4.39 Å². The molecule has 2 rings (SSSR count). The third-order valence-corrected chi connectivity index (χ3v) is 3.04. The van der Waals surface area contributed by atoms with Gasteiger partial charge in [-0.1, -0.05) is 50.2 Å². The van der Waals surface area contributed by atoms with Crippen molar-refractivity contribution in [3.63, 3.8) is 0 Å². The number of halogens is 1. The minimum atomic E-state index is -0.360. The predicted octanol–water partition coefficient (Wildman–Crippen LogP) is 4.50. The Hall–Kier alpha value is -1.96. The van der Waals surface area contributed by atoms with Crippen molar-refractivity contribution < 1.29 is 9.18 Å². The molecule has 0 aromatic heterocycles. The minimum absolute atomic E-state index is 0.359. The number of hydrogen-bond donors (Lipinski definition) is 0. The lowest BCUT2D eigenvalue weighted by atomic mass is 9.98. The van der Waals surface area contributed by atoms with Gasteiger partial charge in [-0.3, -0.25) is 4.79 Å². The van der Waals surface area contributed by atoms with Gasteiger partial charge in [0.2, 0.25) is 0 Å². The first-order valence-corrected chi connectivity index (χ1v) is 6.44. The highest BCUT2D eigenvalue weighted by molar-refractivity contribution is 5.77. The quantitative estimate of drug-likeness (QED) is 0.736. The monoisotopic (exact) mass is 256 g/mol. The SMILES string of the molecule is CC(C)Cc1ccc(-c2ccc(C=O)cc2F)cc1. The summed E-state index contributed by atoms with van der Waals surface area (Å²) in [6.07, 6.45) is 1.67. The van der Waals surface area contributed by atoms with Gasteiger partial charge in [0.15, 0.2) is 0 Å². The van der Waals surface area contributed by atoms with Crippen molar-refractivity contribution in [3.8, 4) is 11.1 Å². The second kappa shape index (κ2) is 5.79. The van der Waals surface area contributed by atoms with E-state index in [1.807, 2.05) is 24.3 Å². The second-order valence-electron chi connectivity index (χ2n) is 5.15. The molecule has 0 fully saturated rings. The van der Waals surface area contributed by atoms with Gasteiger partial charge in [-0.05, 0) is 29.5 Å². The van der Waals surface area contributed by atoms with Crippen LogP contribution in [0.3, 0.4) is 0 Å². The topological polar surface area (TPSA) is 17.1 Å². The fourth-order valence-electron chi connectivity index (χ4n) is 2.13. The van der Waals surface area contributed by atoms with Crippen molar-refractivity contribution in [2.75, 3.05) is 0 Å². The van der Waals surface area contributed by atoms with E-state index in [2.05, 4.69) is 13.8 Å². The molecule has 0 radical (unpaired) electrons. The van der Waals surface area contributed by atoms with E-state index in [0.29, 0.717) is 23.3 Å². The Kier molecular flexibility index (Phi) is 4.10. The number of aldehydes is 1. The summed E-state index contributed by atoms with van der Waals surface area (Å²) in [5, 5.41) is 0. The smallest absolute Gasteiger partial charge is 0.150 e. The summed E-state index contributed by atoms with van der Waals surface area (Å²) in [5.41, 5.74) is 2.98. The Bertz CT molecular complexity index is 570. The van der Waals surface area contributed by atoms with Gasteiger partial charge in [0.25, 0.3) is 0 Å². The first-order valence-electron chi connectivity index (χ1n) is 6.44. The molecule has 19 heavy (non-hydrogen) atoms. The minimum Gasteiger partial charge on any atom is -0.298 e. The zero-order valence-corrected chi connectivity index (χ0v) is 11.2. The Morgan fingerprint density at radius 2 is 1.79 bits per heavy atom. The van der Waals surface area contributed by atoms with E-state index in [0.717, 1.165) is 12.0 Å². The van der Waals surface area contributed by atoms with Gasteiger partial charge in [-0.2, -0.15) is 0 Å². The van der Waals surface area contributed by atoms with Gasteiger partial charge in [0.1, 0.15) is 12.1 Å². The molecule has 0 heterocycles. The summed E-state index contributed by atoms with van der Waals surface area (Å²) >= 11 is 0. The zero-order chi connectivity index (χ0) is 13.8. The Balaban J connectivity index is 2.29. The van der Waals surface area contributed by atoms with Crippen LogP contribution in [0.5, 0.6) is 0 Å². The second-order valence-corrected chi connectivity index (χ2v) is 5.15. The molecule has 0 aliphatic rings. The van der Waals surface area contributed by atoms with Crippen molar-refractivity contribution in [3.05, 3.63) is 59.4 Å². The van der Waals surface area contributed by atoms with Crippen molar-refractivity contribution in [2.24, 2.45) is 5.92 Å². The van der Waals surface area contributed by atoms with Crippen LogP contribution in [0.2, 0.25) is 0 Å². The molecule has 2 heteroatoms. The molecular formula is C17H17FO. The summed E-state index contributed by atoms with van der Waals surface area (Å²) in [6.45, 7) is 4.34. The van der Waals surface area contributed by atoms with Crippen molar-refractivity contribution in [1.82, 2.24) is 0 Å². The molecule has 1 nitrogen and oxygen atoms in total. The van der Waals surface area contributed by atoms with Gasteiger partial charge >= 0.3 is 0 Å². The normalized spacial score (nSPS) is 10.7. The molecule has 0 N–H and O–H groups in total. The van der Waals surface area contributed by atoms with Crippen LogP contribution in [0.1, 0.15) is 29.8 Å². The van der Waals surface area contributed by atoms with Gasteiger partial charge in [0.05, 0.1) is 0 Å². The largest absolute Gasteiger partial charge is 0.298 e. The van der Waals surface area contributed by atoms with Crippen LogP contribution in [-0.2, 0) is 6.42 Å². The predicted molar refractivity (Wildman–Crippen MR) is 75.8 cm³/mol. The number of benzene rings is 2. The van der Waals surface area contributed by atoms with Crippen molar-refractivity contribution >= 4 is 6.29 Å². The number of carbonyl (C=O) groups excluding carboxylic acids is 1. The maximum Gasteiger partial charge on any atom is 0.150 e. The maximum atomic E-state index is 13.9. The van der Waals surface area contributed by atoms with Crippen LogP contribution in [0.15, 0.2) is 42.5 Å². The molecule has 0 amide bonds. The third kappa shape index (κ3) is 3.28. The molecule has 2 aromatic carbocycles. The van der Waals surface area contributed by atoms with Crippen LogP contribution in [0, 0.1) is 11.7 Å². The molecule has 0 saturated carbocycles. The Morgan fingerprint density at radius 1 is 1.11 bits per heavy atom. The van der Waals surface area contributed by atoms with Crippen LogP contribution < -0.4 is 0 Å². The fraction of sp³-hybridized carbons (Fsp3) is 0.235. The maximum absolute atomic E-state index is 13.9. The van der Waals surface area contributed by atoms with E-state index in [-0.39, 0.29) is 5.82 Å². The molecule has 0 spiro atoms. The molecule has 0 saturated heterocycles. The lowest BCUT2D eigenvalue weighted by molar-refractivity contribution is 0.112. The highest BCUT2D eigenvalue weighted by Crippen LogP contribution is 2.24. The Labute approximate surface area is 113 Å². The first kappa shape index (κ1) is 13.5. The van der Waals surface area contributed by atoms with Crippen LogP contribution in [0.25, 0.3) is 11.1 Å². The van der Waals surface area contributed by atoms with Gasteiger partial charge in [0, 0.05) is 11.1 Å². The third-order valence-electron chi connectivity index (χ3n) is 3.04. The highest BCUT2D eigenvalue weighted by Gasteiger charge is 2.06. The van der Waals surface area contributed by atoms with Crippen molar-refractivity contribution in [1.29, 1.82) is 0 Å². The van der Waals surface area contributed by atoms with E-state index < -0.39 is 0 Å². The molecule has 0 aliphatic heterocycles. The standard InChI is InChI=1S/C17H17FO/c1-12(2)9-13-3-6-15(7-4-13)16-8-5-14(11-19)10-17(16)18/h3-8,10-12H,9H2,1-2H3. The molecule has 2 aromatic rings. The first-order chi connectivity index (χ1) is 9.10. The van der Waals surface area contributed by atoms with E-state index in [1.165, 1.54) is 11.6 Å². The molecule has 0 aliphatic carbocycles. The van der Waals surface area contributed by atoms with Crippen LogP contribution >= 0.6 is 0 Å². The molecule has 98 valence electrons. The van der Waals surface area contributed by atoms with E-state index >= 15 is 0 Å². The molecule has 0 unspecified atom stereocenters.